The molecule has 3 heterocycles. The van der Waals surface area contributed by atoms with Gasteiger partial charge in [0, 0.05) is 0 Å². The molecule has 14 nitrogen and oxygen atoms in total. The summed E-state index contributed by atoms with van der Waals surface area (Å²) in [5, 5.41) is 31.3. The van der Waals surface area contributed by atoms with Crippen LogP contribution in [0.1, 0.15) is 87.9 Å². The summed E-state index contributed by atoms with van der Waals surface area (Å²) in [5.41, 5.74) is 2.88. The number of nitrogens with zero attached hydrogens (tertiary/aromatic N) is 3. The number of aliphatic hydroxyl groups is 3. The lowest BCUT2D eigenvalue weighted by molar-refractivity contribution is -0.175. The Kier molecular flexibility index (Phi) is 22.5. The van der Waals surface area contributed by atoms with Gasteiger partial charge in [-0.2, -0.15) is 0 Å². The lowest BCUT2D eigenvalue weighted by atomic mass is 9.88. The number of hydrogen-bond donors (Lipinski definition) is 5. The zero-order valence-corrected chi connectivity index (χ0v) is 46.1. The predicted molar refractivity (Wildman–Crippen MR) is 312 cm³/mol. The van der Waals surface area contributed by atoms with Crippen molar-refractivity contribution < 1.29 is 43.9 Å². The third-order valence-corrected chi connectivity index (χ3v) is 12.7. The molecule has 8 rings (SSSR count). The number of nitrogens with one attached hydrogen (secondary N) is 2. The smallest absolute Gasteiger partial charge is 0.417 e. The summed E-state index contributed by atoms with van der Waals surface area (Å²) < 4.78 is 17.7. The molecule has 0 radical (unpaired) electrons. The van der Waals surface area contributed by atoms with Gasteiger partial charge in [-0.05, 0) is 152 Å². The van der Waals surface area contributed by atoms with E-state index in [1.807, 2.05) is 140 Å². The van der Waals surface area contributed by atoms with E-state index in [-0.39, 0.29) is 18.9 Å². The zero-order chi connectivity index (χ0) is 58.8. The third kappa shape index (κ3) is 16.5. The van der Waals surface area contributed by atoms with E-state index in [9.17, 15) is 29.7 Å². The van der Waals surface area contributed by atoms with E-state index < -0.39 is 59.4 Å². The number of cyclic esters (lactones) is 1. The third-order valence-electron chi connectivity index (χ3n) is 12.7. The Hall–Kier alpha value is -10.2. The van der Waals surface area contributed by atoms with Crippen LogP contribution in [0, 0.1) is 82.9 Å². The highest BCUT2D eigenvalue weighted by atomic mass is 16.6. The molecule has 7 aromatic rings. The van der Waals surface area contributed by atoms with Crippen LogP contribution in [-0.2, 0) is 37.0 Å². The highest BCUT2D eigenvalue weighted by Crippen LogP contribution is 2.44. The quantitative estimate of drug-likeness (QED) is 0.0578. The Balaban J connectivity index is 0.000000218. The first-order valence-electron chi connectivity index (χ1n) is 25.6. The largest absolute Gasteiger partial charge is 0.440 e. The summed E-state index contributed by atoms with van der Waals surface area (Å²) in [6, 6.07) is 44.0. The second-order valence-electron chi connectivity index (χ2n) is 18.8. The standard InChI is InChI=1S/C31H31N3O5.C21H22N2O4.C16H6/c1-30(2)26(24-12-8-5-9-13-24)34(29(37)39-30)28(36)31(3,27(35)25-18-32-20-33-25)38-19-21-14-16-23(17-15-21)22-10-6-4-7-11-22;1-21(19(25)12-24,20(26)18-11-22-14-23-18)27-13-15-7-9-17(10-8-15)16-5-3-2-4-6-16;1-3-5-7-9-11-13-15-16-14-12-10-8-6-4-2/h4-18,20,26-27,35H,19H2,1-3H3,(H,32,33);2-11,14,20,24,26H,12-13H2,1H3,(H,22,23);1-2H3/t26-,27-,31-;20-,21+;/m00./s1. The first kappa shape index (κ1) is 61.1. The number of benzene rings is 5. The Labute approximate surface area is 478 Å². The Morgan fingerprint density at radius 3 is 1.33 bits per heavy atom. The molecule has 2 aromatic heterocycles. The van der Waals surface area contributed by atoms with Gasteiger partial charge in [0.2, 0.25) is 0 Å². The second kappa shape index (κ2) is 30.3. The molecule has 1 saturated heterocycles. The molecule has 1 aliphatic heterocycles. The van der Waals surface area contributed by atoms with Crippen molar-refractivity contribution in [2.45, 2.75) is 89.8 Å². The van der Waals surface area contributed by atoms with Crippen molar-refractivity contribution in [1.82, 2.24) is 24.8 Å². The molecular formula is C68H59N5O9. The second-order valence-corrected chi connectivity index (χ2v) is 18.8. The van der Waals surface area contributed by atoms with E-state index in [2.05, 4.69) is 103 Å². The van der Waals surface area contributed by atoms with Gasteiger partial charge < -0.3 is 39.5 Å². The molecule has 0 spiro atoms. The number of amides is 2. The number of ketones is 1. The molecule has 14 heteroatoms. The topological polar surface area (TPSA) is 200 Å². The number of carbonyl (C=O) groups excluding carboxylic acids is 3. The van der Waals surface area contributed by atoms with Crippen LogP contribution < -0.4 is 0 Å². The van der Waals surface area contributed by atoms with E-state index in [0.717, 1.165) is 43.8 Å². The zero-order valence-electron chi connectivity index (χ0n) is 46.1. The van der Waals surface area contributed by atoms with Gasteiger partial charge in [0.1, 0.15) is 30.5 Å². The Morgan fingerprint density at radius 2 is 0.951 bits per heavy atom. The molecule has 1 fully saturated rings. The van der Waals surface area contributed by atoms with Gasteiger partial charge in [-0.1, -0.05) is 151 Å². The van der Waals surface area contributed by atoms with Gasteiger partial charge in [-0.15, -0.1) is 0 Å². The van der Waals surface area contributed by atoms with Crippen molar-refractivity contribution in [2.75, 3.05) is 6.61 Å². The molecule has 0 aliphatic carbocycles. The SMILES string of the molecule is CC#CC#CC#CC#CC#CC#CC#CC.CC1(C)OC(=O)N(C(=O)[C@@](C)(OCc2ccc(-c3ccccc3)cc2)[C@@H](O)c2cnc[nH]2)[C@H]1c1ccccc1.C[C@@](OCc1ccc(-c2ccccc2)cc1)(C(=O)CO)[C@@H](O)c1cnc[nH]1. The average molecular weight is 1090 g/mol. The fourth-order valence-electron chi connectivity index (χ4n) is 8.28. The van der Waals surface area contributed by atoms with E-state index in [1.165, 1.54) is 38.9 Å². The summed E-state index contributed by atoms with van der Waals surface area (Å²) in [5.74, 6) is 34.3. The van der Waals surface area contributed by atoms with Crippen LogP contribution in [0.25, 0.3) is 22.3 Å². The van der Waals surface area contributed by atoms with Crippen molar-refractivity contribution in [2.24, 2.45) is 0 Å². The lowest BCUT2D eigenvalue weighted by Crippen LogP contribution is -2.54. The summed E-state index contributed by atoms with van der Waals surface area (Å²) in [4.78, 5) is 54.2. The van der Waals surface area contributed by atoms with Crippen LogP contribution in [-0.4, -0.2) is 81.3 Å². The van der Waals surface area contributed by atoms with E-state index >= 15 is 0 Å². The maximum absolute atomic E-state index is 14.3. The highest BCUT2D eigenvalue weighted by Gasteiger charge is 2.57. The van der Waals surface area contributed by atoms with Crippen LogP contribution in [0.4, 0.5) is 4.79 Å². The molecule has 0 unspecified atom stereocenters. The predicted octanol–water partition coefficient (Wildman–Crippen LogP) is 9.28. The van der Waals surface area contributed by atoms with Crippen LogP contribution >= 0.6 is 0 Å². The molecule has 5 atom stereocenters. The summed E-state index contributed by atoms with van der Waals surface area (Å²) >= 11 is 0. The number of carbonyl (C=O) groups is 3. The molecular weight excluding hydrogens is 1030 g/mol. The van der Waals surface area contributed by atoms with Gasteiger partial charge in [0.15, 0.2) is 17.0 Å². The fourth-order valence-corrected chi connectivity index (χ4v) is 8.28. The first-order valence-corrected chi connectivity index (χ1v) is 25.6. The first-order chi connectivity index (χ1) is 39.7. The maximum atomic E-state index is 14.3. The minimum Gasteiger partial charge on any atom is -0.440 e. The van der Waals surface area contributed by atoms with E-state index in [4.69, 9.17) is 14.2 Å². The molecule has 82 heavy (non-hydrogen) atoms. The van der Waals surface area contributed by atoms with Gasteiger partial charge in [-0.3, -0.25) is 9.59 Å². The maximum Gasteiger partial charge on any atom is 0.417 e. The number of aromatic amines is 2. The monoisotopic (exact) mass is 1090 g/mol. The van der Waals surface area contributed by atoms with E-state index in [1.54, 1.807) is 27.7 Å². The van der Waals surface area contributed by atoms with Gasteiger partial charge in [0.05, 0.1) is 49.6 Å². The molecule has 0 saturated carbocycles. The van der Waals surface area contributed by atoms with Crippen molar-refractivity contribution >= 4 is 17.8 Å². The Morgan fingerprint density at radius 1 is 0.585 bits per heavy atom. The molecule has 2 amide bonds. The highest BCUT2D eigenvalue weighted by molar-refractivity contribution is 5.99. The molecule has 410 valence electrons. The molecule has 1 aliphatic rings. The lowest BCUT2D eigenvalue weighted by Gasteiger charge is -2.37. The minimum atomic E-state index is -1.85. The van der Waals surface area contributed by atoms with Gasteiger partial charge >= 0.3 is 6.09 Å². The number of rotatable bonds is 16. The van der Waals surface area contributed by atoms with Crippen LogP contribution in [0.2, 0.25) is 0 Å². The van der Waals surface area contributed by atoms with Crippen molar-refractivity contribution in [3.05, 3.63) is 193 Å². The van der Waals surface area contributed by atoms with Gasteiger partial charge in [0.25, 0.3) is 5.91 Å². The van der Waals surface area contributed by atoms with E-state index in [0.29, 0.717) is 5.69 Å². The van der Waals surface area contributed by atoms with Crippen LogP contribution in [0.5, 0.6) is 0 Å². The number of ether oxygens (including phenoxy) is 3. The number of aliphatic hydroxyl groups excluding tert-OH is 3. The van der Waals surface area contributed by atoms with Crippen LogP contribution in [0.15, 0.2) is 165 Å². The summed E-state index contributed by atoms with van der Waals surface area (Å²) in [7, 11) is 0. The van der Waals surface area contributed by atoms with Crippen molar-refractivity contribution in [3.63, 3.8) is 0 Å². The summed E-state index contributed by atoms with van der Waals surface area (Å²) in [6.45, 7) is 9.29. The number of aromatic nitrogens is 4. The van der Waals surface area contributed by atoms with Crippen molar-refractivity contribution in [1.29, 1.82) is 0 Å². The average Bonchev–Trinajstić information content (AvgIpc) is 4.24. The normalized spacial score (nSPS) is 14.5. The van der Waals surface area contributed by atoms with Crippen LogP contribution in [0.3, 0.4) is 0 Å². The number of Topliss-reactive ketones (excluding diaryl/α,β-unsaturated/α-hetero) is 1. The van der Waals surface area contributed by atoms with Crippen molar-refractivity contribution in [3.8, 4) is 105 Å². The number of H-pyrrole nitrogens is 2. The minimum absolute atomic E-state index is 0.0186. The molecule has 5 aromatic carbocycles. The number of imidazole rings is 2. The number of hydrogen-bond acceptors (Lipinski definition) is 11. The summed E-state index contributed by atoms with van der Waals surface area (Å²) in [6.07, 6.45) is 2.15. The molecule has 5 N–H and O–H groups in total. The number of imide groups is 1. The van der Waals surface area contributed by atoms with Gasteiger partial charge in [-0.25, -0.2) is 19.7 Å². The molecule has 0 bridgehead atoms. The fraction of sp³-hybridized carbons (Fsp3) is 0.221. The Bertz CT molecular complexity index is 3650.